The van der Waals surface area contributed by atoms with Crippen molar-refractivity contribution < 1.29 is 9.18 Å². The number of benzene rings is 1. The smallest absolute Gasteiger partial charge is 0.239 e. The van der Waals surface area contributed by atoms with Crippen LogP contribution in [0.1, 0.15) is 18.9 Å². The summed E-state index contributed by atoms with van der Waals surface area (Å²) in [6.45, 7) is 3.46. The first-order valence-electron chi connectivity index (χ1n) is 7.11. The lowest BCUT2D eigenvalue weighted by Gasteiger charge is -2.11. The van der Waals surface area contributed by atoms with Crippen LogP contribution in [0.25, 0.3) is 0 Å². The molecule has 0 saturated carbocycles. The number of nitrogens with one attached hydrogen (secondary N) is 3. The van der Waals surface area contributed by atoms with E-state index < -0.39 is 0 Å². The van der Waals surface area contributed by atoms with Crippen LogP contribution in [0, 0.1) is 5.82 Å². The fourth-order valence-corrected chi connectivity index (χ4v) is 1.73. The third-order valence-electron chi connectivity index (χ3n) is 2.81. The number of amides is 1. The van der Waals surface area contributed by atoms with E-state index in [1.165, 1.54) is 12.1 Å². The second kappa shape index (κ2) is 9.74. The average molecular weight is 294 g/mol. The predicted octanol–water partition coefficient (Wildman–Crippen LogP) is 1.06. The molecule has 3 N–H and O–H groups in total. The summed E-state index contributed by atoms with van der Waals surface area (Å²) in [7, 11) is 1.64. The number of hydrogen-bond donors (Lipinski definition) is 3. The Morgan fingerprint density at radius 3 is 2.71 bits per heavy atom. The highest BCUT2D eigenvalue weighted by Crippen LogP contribution is 2.03. The van der Waals surface area contributed by atoms with Crippen molar-refractivity contribution in [2.24, 2.45) is 4.99 Å². The number of halogens is 1. The third-order valence-corrected chi connectivity index (χ3v) is 2.81. The first-order chi connectivity index (χ1) is 10.2. The van der Waals surface area contributed by atoms with Crippen LogP contribution in [0.5, 0.6) is 0 Å². The standard InChI is InChI=1S/C15H23FN4O/c1-3-8-18-14(21)11-20-15(17-2)19-9-7-12-5-4-6-13(16)10-12/h4-6,10H,3,7-9,11H2,1-2H3,(H,18,21)(H2,17,19,20). The van der Waals surface area contributed by atoms with Crippen LogP contribution in [-0.4, -0.2) is 38.5 Å². The lowest BCUT2D eigenvalue weighted by Crippen LogP contribution is -2.43. The molecule has 0 bridgehead atoms. The fourth-order valence-electron chi connectivity index (χ4n) is 1.73. The Balaban J connectivity index is 2.27. The SMILES string of the molecule is CCCNC(=O)CNC(=NC)NCCc1cccc(F)c1. The molecule has 0 radical (unpaired) electrons. The minimum absolute atomic E-state index is 0.0649. The first-order valence-corrected chi connectivity index (χ1v) is 7.11. The van der Waals surface area contributed by atoms with Gasteiger partial charge in [-0.05, 0) is 30.5 Å². The predicted molar refractivity (Wildman–Crippen MR) is 82.8 cm³/mol. The molecule has 0 aliphatic rings. The molecule has 21 heavy (non-hydrogen) atoms. The van der Waals surface area contributed by atoms with Crippen molar-refractivity contribution in [2.75, 3.05) is 26.7 Å². The van der Waals surface area contributed by atoms with E-state index in [4.69, 9.17) is 0 Å². The van der Waals surface area contributed by atoms with E-state index >= 15 is 0 Å². The molecule has 0 spiro atoms. The van der Waals surface area contributed by atoms with Gasteiger partial charge in [0.1, 0.15) is 5.82 Å². The molecule has 0 unspecified atom stereocenters. The topological polar surface area (TPSA) is 65.5 Å². The molecule has 1 aromatic rings. The molecule has 0 heterocycles. The molecule has 0 aliphatic carbocycles. The summed E-state index contributed by atoms with van der Waals surface area (Å²) in [6, 6.07) is 6.50. The number of aliphatic imine (C=N–C) groups is 1. The highest BCUT2D eigenvalue weighted by Gasteiger charge is 2.02. The van der Waals surface area contributed by atoms with Gasteiger partial charge < -0.3 is 16.0 Å². The zero-order chi connectivity index (χ0) is 15.5. The van der Waals surface area contributed by atoms with Gasteiger partial charge in [-0.1, -0.05) is 19.1 Å². The van der Waals surface area contributed by atoms with Crippen LogP contribution in [0.2, 0.25) is 0 Å². The minimum atomic E-state index is -0.234. The zero-order valence-corrected chi connectivity index (χ0v) is 12.6. The first kappa shape index (κ1) is 16.9. The average Bonchev–Trinajstić information content (AvgIpc) is 2.48. The van der Waals surface area contributed by atoms with Crippen LogP contribution >= 0.6 is 0 Å². The van der Waals surface area contributed by atoms with Crippen molar-refractivity contribution in [3.63, 3.8) is 0 Å². The van der Waals surface area contributed by atoms with Crippen LogP contribution in [0.3, 0.4) is 0 Å². The van der Waals surface area contributed by atoms with Crippen molar-refractivity contribution >= 4 is 11.9 Å². The molecule has 6 heteroatoms. The van der Waals surface area contributed by atoms with Gasteiger partial charge in [0.2, 0.25) is 5.91 Å². The van der Waals surface area contributed by atoms with Gasteiger partial charge in [-0.3, -0.25) is 9.79 Å². The van der Waals surface area contributed by atoms with E-state index in [0.717, 1.165) is 12.0 Å². The van der Waals surface area contributed by atoms with Gasteiger partial charge in [0.15, 0.2) is 5.96 Å². The number of carbonyl (C=O) groups is 1. The molecule has 5 nitrogen and oxygen atoms in total. The van der Waals surface area contributed by atoms with Gasteiger partial charge in [-0.2, -0.15) is 0 Å². The maximum absolute atomic E-state index is 13.0. The Labute approximate surface area is 125 Å². The Kier molecular flexibility index (Phi) is 7.86. The number of nitrogens with zero attached hydrogens (tertiary/aromatic N) is 1. The molecule has 0 fully saturated rings. The second-order valence-electron chi connectivity index (χ2n) is 4.58. The van der Waals surface area contributed by atoms with Crippen molar-refractivity contribution in [1.29, 1.82) is 0 Å². The van der Waals surface area contributed by atoms with Gasteiger partial charge in [-0.15, -0.1) is 0 Å². The summed E-state index contributed by atoms with van der Waals surface area (Å²) in [5.41, 5.74) is 0.915. The van der Waals surface area contributed by atoms with Crippen LogP contribution < -0.4 is 16.0 Å². The highest BCUT2D eigenvalue weighted by molar-refractivity contribution is 5.86. The number of carbonyl (C=O) groups excluding carboxylic acids is 1. The summed E-state index contributed by atoms with van der Waals surface area (Å²) >= 11 is 0. The number of guanidine groups is 1. The molecule has 0 atom stereocenters. The summed E-state index contributed by atoms with van der Waals surface area (Å²) in [4.78, 5) is 15.5. The summed E-state index contributed by atoms with van der Waals surface area (Å²) in [5.74, 6) is 0.255. The summed E-state index contributed by atoms with van der Waals surface area (Å²) in [5, 5.41) is 8.79. The van der Waals surface area contributed by atoms with E-state index in [0.29, 0.717) is 25.5 Å². The zero-order valence-electron chi connectivity index (χ0n) is 12.6. The van der Waals surface area contributed by atoms with Crippen molar-refractivity contribution in [3.05, 3.63) is 35.6 Å². The van der Waals surface area contributed by atoms with Crippen LogP contribution in [0.15, 0.2) is 29.3 Å². The van der Waals surface area contributed by atoms with Gasteiger partial charge >= 0.3 is 0 Å². The van der Waals surface area contributed by atoms with Gasteiger partial charge in [0.25, 0.3) is 0 Å². The molecule has 0 aromatic heterocycles. The van der Waals surface area contributed by atoms with E-state index in [-0.39, 0.29) is 18.3 Å². The molecule has 0 saturated heterocycles. The molecule has 1 rings (SSSR count). The molecule has 1 aromatic carbocycles. The monoisotopic (exact) mass is 294 g/mol. The summed E-state index contributed by atoms with van der Waals surface area (Å²) < 4.78 is 13.0. The van der Waals surface area contributed by atoms with Gasteiger partial charge in [0, 0.05) is 20.1 Å². The molecular weight excluding hydrogens is 271 g/mol. The third kappa shape index (κ3) is 7.29. The van der Waals surface area contributed by atoms with Crippen molar-refractivity contribution in [1.82, 2.24) is 16.0 Å². The van der Waals surface area contributed by atoms with E-state index in [9.17, 15) is 9.18 Å². The van der Waals surface area contributed by atoms with E-state index in [1.54, 1.807) is 13.1 Å². The van der Waals surface area contributed by atoms with E-state index in [2.05, 4.69) is 20.9 Å². The van der Waals surface area contributed by atoms with Crippen LogP contribution in [-0.2, 0) is 11.2 Å². The molecular formula is C15H23FN4O. The van der Waals surface area contributed by atoms with Gasteiger partial charge in [-0.25, -0.2) is 4.39 Å². The van der Waals surface area contributed by atoms with Crippen molar-refractivity contribution in [3.8, 4) is 0 Å². The molecule has 116 valence electrons. The lowest BCUT2D eigenvalue weighted by atomic mass is 10.1. The maximum atomic E-state index is 13.0. The number of hydrogen-bond acceptors (Lipinski definition) is 2. The van der Waals surface area contributed by atoms with E-state index in [1.807, 2.05) is 13.0 Å². The normalized spacial score (nSPS) is 11.1. The fraction of sp³-hybridized carbons (Fsp3) is 0.467. The van der Waals surface area contributed by atoms with Gasteiger partial charge in [0.05, 0.1) is 6.54 Å². The highest BCUT2D eigenvalue weighted by atomic mass is 19.1. The molecule has 1 amide bonds. The Morgan fingerprint density at radius 2 is 2.05 bits per heavy atom. The Morgan fingerprint density at radius 1 is 1.24 bits per heavy atom. The number of rotatable bonds is 7. The van der Waals surface area contributed by atoms with Crippen molar-refractivity contribution in [2.45, 2.75) is 19.8 Å². The largest absolute Gasteiger partial charge is 0.356 e. The minimum Gasteiger partial charge on any atom is -0.356 e. The Hall–Kier alpha value is -2.11. The lowest BCUT2D eigenvalue weighted by molar-refractivity contribution is -0.120. The molecule has 0 aliphatic heterocycles. The Bertz CT molecular complexity index is 476. The summed E-state index contributed by atoms with van der Waals surface area (Å²) in [6.07, 6.45) is 1.59. The quantitative estimate of drug-likeness (QED) is 0.520. The van der Waals surface area contributed by atoms with Crippen LogP contribution in [0.4, 0.5) is 4.39 Å². The second-order valence-corrected chi connectivity index (χ2v) is 4.58. The maximum Gasteiger partial charge on any atom is 0.239 e.